The Bertz CT molecular complexity index is 444. The molecule has 0 saturated heterocycles. The van der Waals surface area contributed by atoms with Crippen LogP contribution in [0.4, 0.5) is 5.69 Å². The van der Waals surface area contributed by atoms with E-state index in [-0.39, 0.29) is 5.97 Å². The van der Waals surface area contributed by atoms with Crippen LogP contribution < -0.4 is 5.32 Å². The van der Waals surface area contributed by atoms with Crippen LogP contribution in [0.5, 0.6) is 0 Å². The van der Waals surface area contributed by atoms with Gasteiger partial charge in [0.25, 0.3) is 0 Å². The van der Waals surface area contributed by atoms with Crippen LogP contribution in [0, 0.1) is 11.8 Å². The van der Waals surface area contributed by atoms with Gasteiger partial charge in [0, 0.05) is 11.7 Å². The minimum Gasteiger partial charge on any atom is -0.465 e. The Hall–Kier alpha value is -1.51. The summed E-state index contributed by atoms with van der Waals surface area (Å²) in [7, 11) is 1.41. The number of esters is 1. The number of rotatable bonds is 3. The highest BCUT2D eigenvalue weighted by Gasteiger charge is 2.25. The van der Waals surface area contributed by atoms with Crippen LogP contribution in [-0.4, -0.2) is 19.1 Å². The SMILES string of the molecule is COC(=O)c1cccc(NC2CCC(C)CC2C)c1. The van der Waals surface area contributed by atoms with E-state index < -0.39 is 0 Å². The number of methoxy groups -OCH3 is 1. The van der Waals surface area contributed by atoms with Gasteiger partial charge in [0.2, 0.25) is 0 Å². The number of hydrogen-bond donors (Lipinski definition) is 1. The van der Waals surface area contributed by atoms with E-state index in [0.717, 1.165) is 11.6 Å². The second-order valence-corrected chi connectivity index (χ2v) is 5.72. The molecule has 0 aromatic heterocycles. The Morgan fingerprint density at radius 2 is 2.11 bits per heavy atom. The second-order valence-electron chi connectivity index (χ2n) is 5.72. The maximum absolute atomic E-state index is 11.5. The van der Waals surface area contributed by atoms with Gasteiger partial charge < -0.3 is 10.1 Å². The van der Waals surface area contributed by atoms with Crippen molar-refractivity contribution in [2.24, 2.45) is 11.8 Å². The summed E-state index contributed by atoms with van der Waals surface area (Å²) < 4.78 is 4.75. The van der Waals surface area contributed by atoms with Crippen molar-refractivity contribution in [2.75, 3.05) is 12.4 Å². The summed E-state index contributed by atoms with van der Waals surface area (Å²) in [5.41, 5.74) is 1.61. The molecule has 3 unspecified atom stereocenters. The van der Waals surface area contributed by atoms with Gasteiger partial charge in [0.05, 0.1) is 12.7 Å². The predicted octanol–water partition coefficient (Wildman–Crippen LogP) is 3.71. The molecule has 3 atom stereocenters. The Kier molecular flexibility index (Phi) is 4.46. The number of anilines is 1. The van der Waals surface area contributed by atoms with Crippen molar-refractivity contribution >= 4 is 11.7 Å². The molecule has 1 N–H and O–H groups in total. The lowest BCUT2D eigenvalue weighted by atomic mass is 9.80. The Morgan fingerprint density at radius 1 is 1.32 bits per heavy atom. The smallest absolute Gasteiger partial charge is 0.337 e. The Balaban J connectivity index is 2.04. The van der Waals surface area contributed by atoms with E-state index in [1.807, 2.05) is 18.2 Å². The molecular weight excluding hydrogens is 238 g/mol. The fraction of sp³-hybridized carbons (Fsp3) is 0.562. The van der Waals surface area contributed by atoms with Crippen LogP contribution in [0.15, 0.2) is 24.3 Å². The van der Waals surface area contributed by atoms with E-state index in [4.69, 9.17) is 4.74 Å². The first-order chi connectivity index (χ1) is 9.10. The molecule has 1 saturated carbocycles. The first kappa shape index (κ1) is 13.9. The molecule has 1 aliphatic carbocycles. The molecular formula is C16H23NO2. The zero-order valence-corrected chi connectivity index (χ0v) is 12.0. The summed E-state index contributed by atoms with van der Waals surface area (Å²) in [4.78, 5) is 11.5. The van der Waals surface area contributed by atoms with Crippen LogP contribution in [0.2, 0.25) is 0 Å². The van der Waals surface area contributed by atoms with Gasteiger partial charge in [-0.2, -0.15) is 0 Å². The molecule has 19 heavy (non-hydrogen) atoms. The third-order valence-electron chi connectivity index (χ3n) is 4.07. The number of benzene rings is 1. The Morgan fingerprint density at radius 3 is 2.79 bits per heavy atom. The second kappa shape index (κ2) is 6.09. The zero-order chi connectivity index (χ0) is 13.8. The van der Waals surface area contributed by atoms with Crippen LogP contribution in [0.1, 0.15) is 43.5 Å². The molecule has 1 fully saturated rings. The molecule has 0 heterocycles. The summed E-state index contributed by atoms with van der Waals surface area (Å²) in [5.74, 6) is 1.22. The number of carbonyl (C=O) groups excluding carboxylic acids is 1. The average molecular weight is 261 g/mol. The number of ether oxygens (including phenoxy) is 1. The van der Waals surface area contributed by atoms with Crippen molar-refractivity contribution in [2.45, 2.75) is 39.2 Å². The van der Waals surface area contributed by atoms with Gasteiger partial charge in [0.15, 0.2) is 0 Å². The van der Waals surface area contributed by atoms with E-state index in [9.17, 15) is 4.79 Å². The fourth-order valence-electron chi connectivity index (χ4n) is 2.95. The highest BCUT2D eigenvalue weighted by Crippen LogP contribution is 2.30. The lowest BCUT2D eigenvalue weighted by Crippen LogP contribution is -2.33. The normalized spacial score (nSPS) is 26.8. The van der Waals surface area contributed by atoms with Crippen molar-refractivity contribution in [1.29, 1.82) is 0 Å². The molecule has 2 rings (SSSR count). The summed E-state index contributed by atoms with van der Waals surface area (Å²) >= 11 is 0. The van der Waals surface area contributed by atoms with Crippen LogP contribution in [-0.2, 0) is 4.74 Å². The molecule has 0 amide bonds. The van der Waals surface area contributed by atoms with E-state index in [1.54, 1.807) is 6.07 Å². The van der Waals surface area contributed by atoms with Crippen molar-refractivity contribution in [1.82, 2.24) is 0 Å². The van der Waals surface area contributed by atoms with Gasteiger partial charge in [-0.25, -0.2) is 4.79 Å². The predicted molar refractivity (Wildman–Crippen MR) is 77.4 cm³/mol. The first-order valence-corrected chi connectivity index (χ1v) is 7.05. The molecule has 1 aliphatic rings. The maximum Gasteiger partial charge on any atom is 0.337 e. The monoisotopic (exact) mass is 261 g/mol. The van der Waals surface area contributed by atoms with Crippen molar-refractivity contribution in [3.05, 3.63) is 29.8 Å². The minimum absolute atomic E-state index is 0.283. The van der Waals surface area contributed by atoms with Crippen LogP contribution in [0.3, 0.4) is 0 Å². The maximum atomic E-state index is 11.5. The van der Waals surface area contributed by atoms with E-state index >= 15 is 0 Å². The molecule has 0 aliphatic heterocycles. The topological polar surface area (TPSA) is 38.3 Å². The van der Waals surface area contributed by atoms with Crippen molar-refractivity contribution < 1.29 is 9.53 Å². The van der Waals surface area contributed by atoms with Gasteiger partial charge >= 0.3 is 5.97 Å². The largest absolute Gasteiger partial charge is 0.465 e. The fourth-order valence-corrected chi connectivity index (χ4v) is 2.95. The molecule has 3 nitrogen and oxygen atoms in total. The molecule has 0 bridgehead atoms. The average Bonchev–Trinajstić information content (AvgIpc) is 2.41. The molecule has 104 valence electrons. The number of carbonyl (C=O) groups is 1. The summed E-state index contributed by atoms with van der Waals surface area (Å²) in [6.07, 6.45) is 3.75. The van der Waals surface area contributed by atoms with Gasteiger partial charge in [-0.05, 0) is 49.3 Å². The van der Waals surface area contributed by atoms with E-state index in [0.29, 0.717) is 17.5 Å². The summed E-state index contributed by atoms with van der Waals surface area (Å²) in [5, 5.41) is 3.56. The van der Waals surface area contributed by atoms with Crippen LogP contribution >= 0.6 is 0 Å². The highest BCUT2D eigenvalue weighted by molar-refractivity contribution is 5.90. The minimum atomic E-state index is -0.283. The van der Waals surface area contributed by atoms with Crippen LogP contribution in [0.25, 0.3) is 0 Å². The van der Waals surface area contributed by atoms with E-state index in [1.165, 1.54) is 26.4 Å². The molecule has 0 spiro atoms. The highest BCUT2D eigenvalue weighted by atomic mass is 16.5. The standard InChI is InChI=1S/C16H23NO2/c1-11-7-8-15(12(2)9-11)17-14-6-4-5-13(10-14)16(18)19-3/h4-6,10-12,15,17H,7-9H2,1-3H3. The third kappa shape index (κ3) is 3.49. The molecule has 0 radical (unpaired) electrons. The number of hydrogen-bond acceptors (Lipinski definition) is 3. The van der Waals surface area contributed by atoms with Gasteiger partial charge in [-0.3, -0.25) is 0 Å². The zero-order valence-electron chi connectivity index (χ0n) is 12.0. The molecule has 1 aromatic rings. The third-order valence-corrected chi connectivity index (χ3v) is 4.07. The number of nitrogens with one attached hydrogen (secondary N) is 1. The lowest BCUT2D eigenvalue weighted by molar-refractivity contribution is 0.0601. The molecule has 3 heteroatoms. The van der Waals surface area contributed by atoms with E-state index in [2.05, 4.69) is 19.2 Å². The van der Waals surface area contributed by atoms with Gasteiger partial charge in [-0.15, -0.1) is 0 Å². The Labute approximate surface area is 115 Å². The summed E-state index contributed by atoms with van der Waals surface area (Å²) in [6.45, 7) is 4.63. The van der Waals surface area contributed by atoms with Crippen molar-refractivity contribution in [3.8, 4) is 0 Å². The van der Waals surface area contributed by atoms with Gasteiger partial charge in [-0.1, -0.05) is 19.9 Å². The van der Waals surface area contributed by atoms with Gasteiger partial charge in [0.1, 0.15) is 0 Å². The summed E-state index contributed by atoms with van der Waals surface area (Å²) in [6, 6.07) is 8.06. The molecule has 1 aromatic carbocycles. The van der Waals surface area contributed by atoms with Crippen molar-refractivity contribution in [3.63, 3.8) is 0 Å². The lowest BCUT2D eigenvalue weighted by Gasteiger charge is -2.33. The quantitative estimate of drug-likeness (QED) is 0.843. The first-order valence-electron chi connectivity index (χ1n) is 7.05.